The van der Waals surface area contributed by atoms with E-state index < -0.39 is 0 Å². The van der Waals surface area contributed by atoms with Crippen LogP contribution < -0.4 is 5.69 Å². The first-order valence-electron chi connectivity index (χ1n) is 11.3. The standard InChI is InChI=1S/C25H32N4O2/c1-3-14-28(17-20-10-8-19(2)9-11-20)24(30)18-27-15-12-21(13-16-27)29-23-7-5-4-6-22(23)26-25(29)31/h4-11,21H,3,12-18H2,1-2H3,(H,26,31). The van der Waals surface area contributed by atoms with Crippen LogP contribution in [0.1, 0.15) is 43.4 Å². The molecule has 6 heteroatoms. The molecule has 0 radical (unpaired) electrons. The van der Waals surface area contributed by atoms with E-state index in [-0.39, 0.29) is 17.6 Å². The van der Waals surface area contributed by atoms with Gasteiger partial charge in [0.25, 0.3) is 0 Å². The molecule has 0 atom stereocenters. The smallest absolute Gasteiger partial charge is 0.326 e. The maximum atomic E-state index is 13.0. The van der Waals surface area contributed by atoms with Crippen LogP contribution in [-0.4, -0.2) is 51.4 Å². The van der Waals surface area contributed by atoms with Crippen molar-refractivity contribution in [2.24, 2.45) is 0 Å². The van der Waals surface area contributed by atoms with E-state index in [0.717, 1.165) is 49.9 Å². The van der Waals surface area contributed by atoms with E-state index in [2.05, 4.69) is 48.0 Å². The van der Waals surface area contributed by atoms with E-state index in [0.29, 0.717) is 13.1 Å². The van der Waals surface area contributed by atoms with E-state index >= 15 is 0 Å². The van der Waals surface area contributed by atoms with Crippen molar-refractivity contribution in [1.29, 1.82) is 0 Å². The maximum Gasteiger partial charge on any atom is 0.326 e. The molecule has 3 aromatic rings. The number of nitrogens with one attached hydrogen (secondary N) is 1. The lowest BCUT2D eigenvalue weighted by Gasteiger charge is -2.33. The van der Waals surface area contributed by atoms with Crippen molar-refractivity contribution in [3.63, 3.8) is 0 Å². The van der Waals surface area contributed by atoms with Crippen LogP contribution in [0.2, 0.25) is 0 Å². The van der Waals surface area contributed by atoms with Crippen LogP contribution in [0.4, 0.5) is 0 Å². The van der Waals surface area contributed by atoms with Gasteiger partial charge in [-0.3, -0.25) is 14.3 Å². The molecule has 6 nitrogen and oxygen atoms in total. The Kier molecular flexibility index (Phi) is 6.56. The van der Waals surface area contributed by atoms with Crippen molar-refractivity contribution in [3.8, 4) is 0 Å². The second kappa shape index (κ2) is 9.52. The zero-order chi connectivity index (χ0) is 21.8. The third-order valence-corrected chi connectivity index (χ3v) is 6.25. The van der Waals surface area contributed by atoms with Gasteiger partial charge in [-0.25, -0.2) is 4.79 Å². The lowest BCUT2D eigenvalue weighted by atomic mass is 10.0. The fourth-order valence-electron chi connectivity index (χ4n) is 4.54. The van der Waals surface area contributed by atoms with Crippen LogP contribution in [0.25, 0.3) is 11.0 Å². The van der Waals surface area contributed by atoms with Crippen molar-refractivity contribution >= 4 is 16.9 Å². The zero-order valence-corrected chi connectivity index (χ0v) is 18.5. The highest BCUT2D eigenvalue weighted by molar-refractivity contribution is 5.78. The number of rotatable bonds is 7. The lowest BCUT2D eigenvalue weighted by molar-refractivity contribution is -0.133. The molecule has 0 aliphatic carbocycles. The molecule has 0 unspecified atom stereocenters. The molecule has 1 fully saturated rings. The molecule has 1 aliphatic heterocycles. The highest BCUT2D eigenvalue weighted by atomic mass is 16.2. The largest absolute Gasteiger partial charge is 0.337 e. The Balaban J connectivity index is 1.36. The van der Waals surface area contributed by atoms with Crippen LogP contribution in [0.5, 0.6) is 0 Å². The molecule has 2 aromatic carbocycles. The number of carbonyl (C=O) groups excluding carboxylic acids is 1. The zero-order valence-electron chi connectivity index (χ0n) is 18.5. The van der Waals surface area contributed by atoms with Crippen LogP contribution in [-0.2, 0) is 11.3 Å². The molecule has 1 saturated heterocycles. The number of aromatic nitrogens is 2. The SMILES string of the molecule is CCCN(Cc1ccc(C)cc1)C(=O)CN1CCC(n2c(=O)[nH]c3ccccc32)CC1. The predicted molar refractivity (Wildman–Crippen MR) is 124 cm³/mol. The Morgan fingerprint density at radius 3 is 2.52 bits per heavy atom. The Morgan fingerprint density at radius 1 is 1.10 bits per heavy atom. The summed E-state index contributed by atoms with van der Waals surface area (Å²) in [7, 11) is 0. The topological polar surface area (TPSA) is 61.3 Å². The number of nitrogens with zero attached hydrogens (tertiary/aromatic N) is 3. The fraction of sp³-hybridized carbons (Fsp3) is 0.440. The van der Waals surface area contributed by atoms with E-state index in [1.165, 1.54) is 11.1 Å². The lowest BCUT2D eigenvalue weighted by Crippen LogP contribution is -2.44. The van der Waals surface area contributed by atoms with Crippen molar-refractivity contribution in [2.45, 2.75) is 45.7 Å². The summed E-state index contributed by atoms with van der Waals surface area (Å²) in [6.07, 6.45) is 2.70. The second-order valence-corrected chi connectivity index (χ2v) is 8.63. The normalized spacial score (nSPS) is 15.4. The van der Waals surface area contributed by atoms with E-state index in [1.54, 1.807) is 0 Å². The monoisotopic (exact) mass is 420 g/mol. The van der Waals surface area contributed by atoms with Crippen LogP contribution in [0, 0.1) is 6.92 Å². The van der Waals surface area contributed by atoms with Crippen molar-refractivity contribution in [2.75, 3.05) is 26.2 Å². The quantitative estimate of drug-likeness (QED) is 0.634. The molecule has 1 aromatic heterocycles. The molecule has 1 aliphatic rings. The Bertz CT molecular complexity index is 1070. The number of para-hydroxylation sites is 2. The number of piperidine rings is 1. The third-order valence-electron chi connectivity index (χ3n) is 6.25. The van der Waals surface area contributed by atoms with Gasteiger partial charge in [-0.2, -0.15) is 0 Å². The summed E-state index contributed by atoms with van der Waals surface area (Å²) < 4.78 is 1.90. The average Bonchev–Trinajstić information content (AvgIpc) is 3.11. The van der Waals surface area contributed by atoms with E-state index in [1.807, 2.05) is 33.7 Å². The van der Waals surface area contributed by atoms with Gasteiger partial charge in [0.2, 0.25) is 5.91 Å². The minimum absolute atomic E-state index is 0.0389. The molecule has 31 heavy (non-hydrogen) atoms. The average molecular weight is 421 g/mol. The first kappa shape index (κ1) is 21.4. The molecule has 2 heterocycles. The molecule has 0 saturated carbocycles. The van der Waals surface area contributed by atoms with Crippen molar-refractivity contribution in [1.82, 2.24) is 19.4 Å². The molecule has 0 bridgehead atoms. The van der Waals surface area contributed by atoms with Crippen molar-refractivity contribution in [3.05, 3.63) is 70.1 Å². The number of hydrogen-bond acceptors (Lipinski definition) is 3. The Morgan fingerprint density at radius 2 is 1.81 bits per heavy atom. The van der Waals surface area contributed by atoms with E-state index in [4.69, 9.17) is 0 Å². The fourth-order valence-corrected chi connectivity index (χ4v) is 4.54. The Labute approximate surface area is 183 Å². The summed E-state index contributed by atoms with van der Waals surface area (Å²) >= 11 is 0. The third kappa shape index (κ3) is 4.90. The summed E-state index contributed by atoms with van der Waals surface area (Å²) in [6.45, 7) is 7.72. The molecule has 4 rings (SSSR count). The number of imidazole rings is 1. The Hall–Kier alpha value is -2.86. The van der Waals surface area contributed by atoms with E-state index in [9.17, 15) is 9.59 Å². The van der Waals surface area contributed by atoms with Gasteiger partial charge in [0.15, 0.2) is 0 Å². The predicted octanol–water partition coefficient (Wildman–Crippen LogP) is 3.71. The number of fused-ring (bicyclic) bond motifs is 1. The summed E-state index contributed by atoms with van der Waals surface area (Å²) in [4.78, 5) is 32.7. The molecule has 0 spiro atoms. The number of carbonyl (C=O) groups is 1. The first-order chi connectivity index (χ1) is 15.0. The first-order valence-corrected chi connectivity index (χ1v) is 11.3. The number of aryl methyl sites for hydroxylation is 1. The minimum Gasteiger partial charge on any atom is -0.337 e. The number of hydrogen-bond donors (Lipinski definition) is 1. The molecule has 164 valence electrons. The van der Waals surface area contributed by atoms with Crippen LogP contribution in [0.15, 0.2) is 53.3 Å². The number of benzene rings is 2. The number of likely N-dealkylation sites (tertiary alicyclic amines) is 1. The number of aromatic amines is 1. The highest BCUT2D eigenvalue weighted by Crippen LogP contribution is 2.24. The molecule has 1 amide bonds. The summed E-state index contributed by atoms with van der Waals surface area (Å²) in [6, 6.07) is 16.4. The summed E-state index contributed by atoms with van der Waals surface area (Å²) in [5, 5.41) is 0. The molecule has 1 N–H and O–H groups in total. The number of amides is 1. The summed E-state index contributed by atoms with van der Waals surface area (Å²) in [5.74, 6) is 0.185. The van der Waals surface area contributed by atoms with Gasteiger partial charge in [0, 0.05) is 32.2 Å². The van der Waals surface area contributed by atoms with Gasteiger partial charge in [-0.15, -0.1) is 0 Å². The van der Waals surface area contributed by atoms with Gasteiger partial charge in [0.05, 0.1) is 17.6 Å². The minimum atomic E-state index is -0.0389. The van der Waals surface area contributed by atoms with Crippen LogP contribution in [0.3, 0.4) is 0 Å². The van der Waals surface area contributed by atoms with Gasteiger partial charge in [0.1, 0.15) is 0 Å². The highest BCUT2D eigenvalue weighted by Gasteiger charge is 2.25. The summed E-state index contributed by atoms with van der Waals surface area (Å²) in [5.41, 5.74) is 4.22. The van der Waals surface area contributed by atoms with Gasteiger partial charge >= 0.3 is 5.69 Å². The van der Waals surface area contributed by atoms with Gasteiger partial charge < -0.3 is 9.88 Å². The van der Waals surface area contributed by atoms with Crippen LogP contribution >= 0.6 is 0 Å². The second-order valence-electron chi connectivity index (χ2n) is 8.63. The molecular formula is C25H32N4O2. The van der Waals surface area contributed by atoms with Gasteiger partial charge in [-0.05, 0) is 43.9 Å². The number of H-pyrrole nitrogens is 1. The van der Waals surface area contributed by atoms with Crippen molar-refractivity contribution < 1.29 is 4.79 Å². The molecular weight excluding hydrogens is 388 g/mol. The van der Waals surface area contributed by atoms with Gasteiger partial charge in [-0.1, -0.05) is 48.9 Å². The maximum absolute atomic E-state index is 13.0.